The third kappa shape index (κ3) is 2.76. The summed E-state index contributed by atoms with van der Waals surface area (Å²) in [4.78, 5) is 2.37. The highest BCUT2D eigenvalue weighted by Crippen LogP contribution is 2.36. The summed E-state index contributed by atoms with van der Waals surface area (Å²) in [7, 11) is 3.28. The molecule has 0 atom stereocenters. The molecular weight excluding hydrogens is 314 g/mol. The van der Waals surface area contributed by atoms with Crippen LogP contribution < -0.4 is 14.4 Å². The first-order valence-corrected chi connectivity index (χ1v) is 8.40. The molecule has 0 aliphatic carbocycles. The predicted octanol–water partition coefficient (Wildman–Crippen LogP) is 3.52. The summed E-state index contributed by atoms with van der Waals surface area (Å²) in [5.41, 5.74) is 6.01. The monoisotopic (exact) mass is 335 g/mol. The first-order valence-electron chi connectivity index (χ1n) is 8.40. The van der Waals surface area contributed by atoms with Crippen molar-refractivity contribution in [1.29, 1.82) is 0 Å². The van der Waals surface area contributed by atoms with E-state index in [0.717, 1.165) is 36.1 Å². The molecule has 2 heterocycles. The fraction of sp³-hybridized carbons (Fsp3) is 0.300. The molecule has 2 aromatic carbocycles. The zero-order valence-corrected chi connectivity index (χ0v) is 14.7. The van der Waals surface area contributed by atoms with Gasteiger partial charge >= 0.3 is 0 Å². The highest BCUT2D eigenvalue weighted by Gasteiger charge is 2.20. The van der Waals surface area contributed by atoms with Gasteiger partial charge in [-0.3, -0.25) is 0 Å². The van der Waals surface area contributed by atoms with E-state index in [1.54, 1.807) is 14.2 Å². The highest BCUT2D eigenvalue weighted by molar-refractivity contribution is 5.93. The molecule has 0 unspecified atom stereocenters. The van der Waals surface area contributed by atoms with Crippen LogP contribution >= 0.6 is 0 Å². The summed E-state index contributed by atoms with van der Waals surface area (Å²) in [6.07, 6.45) is 2.88. The van der Waals surface area contributed by atoms with E-state index in [-0.39, 0.29) is 0 Å². The van der Waals surface area contributed by atoms with Crippen LogP contribution in [-0.2, 0) is 13.0 Å². The average molecular weight is 335 g/mol. The highest BCUT2D eigenvalue weighted by atomic mass is 16.5. The van der Waals surface area contributed by atoms with E-state index in [0.29, 0.717) is 11.5 Å². The van der Waals surface area contributed by atoms with Gasteiger partial charge in [-0.15, -0.1) is 0 Å². The van der Waals surface area contributed by atoms with Gasteiger partial charge in [-0.05, 0) is 30.5 Å². The van der Waals surface area contributed by atoms with E-state index >= 15 is 0 Å². The Labute approximate surface area is 147 Å². The lowest BCUT2D eigenvalue weighted by atomic mass is 9.97. The standard InChI is InChI=1S/C20H21N3O2/c1-13-4-5-14-6-7-23(12-15(14)8-13)18-11-21-22-17-10-20(25-3)19(24-2)9-16(17)18/h4-5,8-11H,6-7,12H2,1-3H3. The molecule has 128 valence electrons. The lowest BCUT2D eigenvalue weighted by Gasteiger charge is -2.31. The van der Waals surface area contributed by atoms with Gasteiger partial charge in [0.2, 0.25) is 0 Å². The van der Waals surface area contributed by atoms with Crippen LogP contribution in [0.4, 0.5) is 5.69 Å². The van der Waals surface area contributed by atoms with Crippen LogP contribution in [0.15, 0.2) is 36.5 Å². The van der Waals surface area contributed by atoms with Crippen molar-refractivity contribution >= 4 is 16.6 Å². The second-order valence-electron chi connectivity index (χ2n) is 6.40. The van der Waals surface area contributed by atoms with E-state index in [1.165, 1.54) is 16.7 Å². The zero-order valence-electron chi connectivity index (χ0n) is 14.7. The van der Waals surface area contributed by atoms with E-state index < -0.39 is 0 Å². The normalized spacial score (nSPS) is 13.6. The van der Waals surface area contributed by atoms with Crippen molar-refractivity contribution in [2.24, 2.45) is 0 Å². The molecule has 1 aliphatic rings. The summed E-state index contributed by atoms with van der Waals surface area (Å²) in [5, 5.41) is 9.50. The maximum absolute atomic E-state index is 5.47. The van der Waals surface area contributed by atoms with Gasteiger partial charge in [0, 0.05) is 24.5 Å². The summed E-state index contributed by atoms with van der Waals surface area (Å²) in [6, 6.07) is 10.6. The van der Waals surface area contributed by atoms with E-state index in [2.05, 4.69) is 40.2 Å². The van der Waals surface area contributed by atoms with Crippen molar-refractivity contribution < 1.29 is 9.47 Å². The largest absolute Gasteiger partial charge is 0.493 e. The zero-order chi connectivity index (χ0) is 17.4. The Bertz CT molecular complexity index is 940. The summed E-state index contributed by atoms with van der Waals surface area (Å²) < 4.78 is 10.8. The summed E-state index contributed by atoms with van der Waals surface area (Å²) in [6.45, 7) is 3.98. The van der Waals surface area contributed by atoms with Gasteiger partial charge in [0.25, 0.3) is 0 Å². The molecule has 0 N–H and O–H groups in total. The Morgan fingerprint density at radius 1 is 1.00 bits per heavy atom. The molecule has 0 saturated heterocycles. The quantitative estimate of drug-likeness (QED) is 0.733. The molecule has 25 heavy (non-hydrogen) atoms. The van der Waals surface area contributed by atoms with Gasteiger partial charge < -0.3 is 14.4 Å². The fourth-order valence-corrected chi connectivity index (χ4v) is 3.51. The van der Waals surface area contributed by atoms with Crippen molar-refractivity contribution in [2.45, 2.75) is 19.9 Å². The topological polar surface area (TPSA) is 47.5 Å². The average Bonchev–Trinajstić information content (AvgIpc) is 2.65. The lowest BCUT2D eigenvalue weighted by Crippen LogP contribution is -2.30. The number of ether oxygens (including phenoxy) is 2. The van der Waals surface area contributed by atoms with Crippen LogP contribution in [0.1, 0.15) is 16.7 Å². The Morgan fingerprint density at radius 2 is 1.80 bits per heavy atom. The molecule has 5 nitrogen and oxygen atoms in total. The number of fused-ring (bicyclic) bond motifs is 2. The Kier molecular flexibility index (Phi) is 3.92. The van der Waals surface area contributed by atoms with Crippen LogP contribution in [0.2, 0.25) is 0 Å². The number of anilines is 1. The second-order valence-corrected chi connectivity index (χ2v) is 6.40. The number of methoxy groups -OCH3 is 2. The van der Waals surface area contributed by atoms with Crippen LogP contribution in [0.5, 0.6) is 11.5 Å². The molecule has 3 aromatic rings. The molecule has 5 heteroatoms. The molecule has 0 amide bonds. The SMILES string of the molecule is COc1cc2nncc(N3CCc4ccc(C)cc4C3)c2cc1OC. The van der Waals surface area contributed by atoms with Crippen molar-refractivity contribution in [3.63, 3.8) is 0 Å². The molecule has 0 radical (unpaired) electrons. The molecule has 0 saturated carbocycles. The number of nitrogens with zero attached hydrogens (tertiary/aromatic N) is 3. The maximum Gasteiger partial charge on any atom is 0.162 e. The molecule has 0 fully saturated rings. The molecule has 0 bridgehead atoms. The number of hydrogen-bond acceptors (Lipinski definition) is 5. The third-order valence-corrected chi connectivity index (χ3v) is 4.84. The van der Waals surface area contributed by atoms with E-state index in [1.807, 2.05) is 18.3 Å². The van der Waals surface area contributed by atoms with Crippen molar-refractivity contribution in [1.82, 2.24) is 10.2 Å². The molecule has 0 spiro atoms. The van der Waals surface area contributed by atoms with Crippen LogP contribution in [0, 0.1) is 6.92 Å². The summed E-state index contributed by atoms with van der Waals surface area (Å²) >= 11 is 0. The Morgan fingerprint density at radius 3 is 2.60 bits per heavy atom. The van der Waals surface area contributed by atoms with E-state index in [4.69, 9.17) is 9.47 Å². The predicted molar refractivity (Wildman–Crippen MR) is 98.6 cm³/mol. The van der Waals surface area contributed by atoms with Crippen LogP contribution in [-0.4, -0.2) is 31.0 Å². The Balaban J connectivity index is 1.79. The van der Waals surface area contributed by atoms with Crippen molar-refractivity contribution in [3.8, 4) is 11.5 Å². The first kappa shape index (κ1) is 15.7. The first-order chi connectivity index (χ1) is 12.2. The molecule has 1 aliphatic heterocycles. The van der Waals surface area contributed by atoms with Crippen LogP contribution in [0.25, 0.3) is 10.9 Å². The number of hydrogen-bond donors (Lipinski definition) is 0. The van der Waals surface area contributed by atoms with E-state index in [9.17, 15) is 0 Å². The third-order valence-electron chi connectivity index (χ3n) is 4.84. The minimum Gasteiger partial charge on any atom is -0.493 e. The van der Waals surface area contributed by atoms with Crippen molar-refractivity contribution in [2.75, 3.05) is 25.7 Å². The van der Waals surface area contributed by atoms with Crippen molar-refractivity contribution in [3.05, 3.63) is 53.2 Å². The Hall–Kier alpha value is -2.82. The smallest absolute Gasteiger partial charge is 0.162 e. The van der Waals surface area contributed by atoms with Gasteiger partial charge in [-0.2, -0.15) is 10.2 Å². The molecular formula is C20H21N3O2. The number of aryl methyl sites for hydroxylation is 1. The fourth-order valence-electron chi connectivity index (χ4n) is 3.51. The number of aromatic nitrogens is 2. The molecule has 4 rings (SSSR count). The van der Waals surface area contributed by atoms with Gasteiger partial charge in [-0.1, -0.05) is 23.8 Å². The lowest BCUT2D eigenvalue weighted by molar-refractivity contribution is 0.355. The van der Waals surface area contributed by atoms with Gasteiger partial charge in [-0.25, -0.2) is 0 Å². The molecule has 1 aromatic heterocycles. The maximum atomic E-state index is 5.47. The number of rotatable bonds is 3. The minimum atomic E-state index is 0.668. The second kappa shape index (κ2) is 6.24. The van der Waals surface area contributed by atoms with Gasteiger partial charge in [0.1, 0.15) is 0 Å². The van der Waals surface area contributed by atoms with Crippen LogP contribution in [0.3, 0.4) is 0 Å². The van der Waals surface area contributed by atoms with Gasteiger partial charge in [0.15, 0.2) is 11.5 Å². The van der Waals surface area contributed by atoms with Gasteiger partial charge in [0.05, 0.1) is 31.6 Å². The summed E-state index contributed by atoms with van der Waals surface area (Å²) in [5.74, 6) is 1.37. The minimum absolute atomic E-state index is 0.668. The number of benzene rings is 2.